The summed E-state index contributed by atoms with van der Waals surface area (Å²) in [6, 6.07) is 4.05. The third-order valence-corrected chi connectivity index (χ3v) is 3.45. The van der Waals surface area contributed by atoms with Crippen LogP contribution >= 0.6 is 0 Å². The quantitative estimate of drug-likeness (QED) is 0.661. The lowest BCUT2D eigenvalue weighted by Crippen LogP contribution is -2.44. The first kappa shape index (κ1) is 21.3. The number of ether oxygens (including phenoxy) is 2. The van der Waals surface area contributed by atoms with Crippen LogP contribution < -0.4 is 4.90 Å². The Morgan fingerprint density at radius 2 is 1.61 bits per heavy atom. The summed E-state index contributed by atoms with van der Waals surface area (Å²) < 4.78 is 24.5. The molecule has 0 aliphatic rings. The van der Waals surface area contributed by atoms with Crippen molar-refractivity contribution < 1.29 is 23.5 Å². The number of nitrogens with zero attached hydrogens (tertiary/aromatic N) is 2. The van der Waals surface area contributed by atoms with Gasteiger partial charge in [0.1, 0.15) is 17.0 Å². The first-order valence-electron chi connectivity index (χ1n) is 8.79. The molecule has 6 nitrogen and oxygen atoms in total. The van der Waals surface area contributed by atoms with Crippen molar-refractivity contribution in [1.82, 2.24) is 4.98 Å². The second kappa shape index (κ2) is 7.58. The number of fused-ring (bicyclic) bond motifs is 1. The Bertz CT molecular complexity index is 898. The van der Waals surface area contributed by atoms with Crippen LogP contribution in [-0.4, -0.2) is 28.4 Å². The predicted octanol–water partition coefficient (Wildman–Crippen LogP) is 5.69. The van der Waals surface area contributed by atoms with Crippen molar-refractivity contribution in [2.24, 2.45) is 0 Å². The number of carbonyl (C=O) groups is 2. The van der Waals surface area contributed by atoms with Gasteiger partial charge in [0.15, 0.2) is 0 Å². The largest absolute Gasteiger partial charge is 0.443 e. The topological polar surface area (TPSA) is 68.7 Å². The second-order valence-corrected chi connectivity index (χ2v) is 8.22. The summed E-state index contributed by atoms with van der Waals surface area (Å²) in [5.74, 6) is -0.476. The maximum atomic E-state index is 13.8. The molecule has 0 spiro atoms. The summed E-state index contributed by atoms with van der Waals surface area (Å²) in [7, 11) is 0. The highest BCUT2D eigenvalue weighted by molar-refractivity contribution is 6.12. The molecule has 1 heterocycles. The number of hydrogen-bond donors (Lipinski definition) is 0. The highest BCUT2D eigenvalue weighted by Crippen LogP contribution is 2.31. The van der Waals surface area contributed by atoms with Crippen molar-refractivity contribution >= 4 is 34.9 Å². The smallest absolute Gasteiger partial charge is 0.424 e. The molecule has 28 heavy (non-hydrogen) atoms. The van der Waals surface area contributed by atoms with Crippen LogP contribution in [0.3, 0.4) is 0 Å². The molecule has 0 saturated heterocycles. The number of rotatable bonds is 2. The predicted molar refractivity (Wildman–Crippen MR) is 107 cm³/mol. The number of aromatic nitrogens is 1. The summed E-state index contributed by atoms with van der Waals surface area (Å²) in [5, 5.41) is 0.407. The molecule has 2 amide bonds. The number of hydrogen-bond acceptors (Lipinski definition) is 5. The van der Waals surface area contributed by atoms with Gasteiger partial charge in [0.2, 0.25) is 0 Å². The second-order valence-electron chi connectivity index (χ2n) is 8.22. The zero-order chi connectivity index (χ0) is 21.3. The number of amides is 2. The monoisotopic (exact) mass is 388 g/mol. The number of halogens is 1. The Kier molecular flexibility index (Phi) is 5.77. The molecule has 0 aliphatic heterocycles. The number of carbonyl (C=O) groups excluding carboxylic acids is 2. The van der Waals surface area contributed by atoms with E-state index in [0.29, 0.717) is 16.5 Å². The van der Waals surface area contributed by atoms with Crippen LogP contribution in [0.2, 0.25) is 0 Å². The van der Waals surface area contributed by atoms with Gasteiger partial charge in [0.05, 0.1) is 17.4 Å². The number of imide groups is 1. The Morgan fingerprint density at radius 3 is 2.07 bits per heavy atom. The summed E-state index contributed by atoms with van der Waals surface area (Å²) >= 11 is 0. The summed E-state index contributed by atoms with van der Waals surface area (Å²) in [6.07, 6.45) is 0.913. The normalized spacial score (nSPS) is 11.8. The molecule has 2 rings (SSSR count). The van der Waals surface area contributed by atoms with E-state index in [1.165, 1.54) is 30.5 Å². The molecule has 7 heteroatoms. The molecule has 0 unspecified atom stereocenters. The van der Waals surface area contributed by atoms with Gasteiger partial charge in [0, 0.05) is 10.9 Å². The van der Waals surface area contributed by atoms with Crippen LogP contribution in [0.5, 0.6) is 0 Å². The van der Waals surface area contributed by atoms with Crippen LogP contribution in [0.25, 0.3) is 17.0 Å². The molecule has 0 saturated carbocycles. The minimum Gasteiger partial charge on any atom is -0.443 e. The van der Waals surface area contributed by atoms with Crippen molar-refractivity contribution in [2.75, 3.05) is 4.90 Å². The fourth-order valence-corrected chi connectivity index (χ4v) is 2.45. The van der Waals surface area contributed by atoms with Gasteiger partial charge in [0.25, 0.3) is 0 Å². The van der Waals surface area contributed by atoms with E-state index in [4.69, 9.17) is 9.47 Å². The molecule has 1 aromatic heterocycles. The zero-order valence-corrected chi connectivity index (χ0v) is 17.0. The van der Waals surface area contributed by atoms with Gasteiger partial charge in [-0.1, -0.05) is 12.7 Å². The highest BCUT2D eigenvalue weighted by atomic mass is 19.1. The Labute approximate surface area is 163 Å². The van der Waals surface area contributed by atoms with E-state index in [2.05, 4.69) is 11.6 Å². The van der Waals surface area contributed by atoms with E-state index in [1.54, 1.807) is 41.5 Å². The van der Waals surface area contributed by atoms with Crippen LogP contribution in [0.1, 0.15) is 47.1 Å². The standard InChI is InChI=1S/C21H25FN2O4/c1-8-14-15-11-13(22)9-10-16(15)23-12-17(14)24(18(25)27-20(2,3)4)19(26)28-21(5,6)7/h8-12H,1H2,2-7H3. The van der Waals surface area contributed by atoms with Gasteiger partial charge in [-0.15, -0.1) is 0 Å². The molecule has 0 atom stereocenters. The molecule has 150 valence electrons. The molecule has 0 bridgehead atoms. The lowest BCUT2D eigenvalue weighted by molar-refractivity contribution is 0.0430. The molecule has 0 aliphatic carbocycles. The number of benzene rings is 1. The molecule has 1 aromatic carbocycles. The van der Waals surface area contributed by atoms with Crippen molar-refractivity contribution in [3.8, 4) is 0 Å². The van der Waals surface area contributed by atoms with Crippen LogP contribution in [-0.2, 0) is 9.47 Å². The lowest BCUT2D eigenvalue weighted by Gasteiger charge is -2.29. The molecule has 0 N–H and O–H groups in total. The van der Waals surface area contributed by atoms with Gasteiger partial charge in [-0.05, 0) is 59.7 Å². The molecule has 2 aromatic rings. The first-order chi connectivity index (χ1) is 12.8. The van der Waals surface area contributed by atoms with E-state index in [9.17, 15) is 14.0 Å². The third-order valence-electron chi connectivity index (χ3n) is 3.45. The van der Waals surface area contributed by atoms with Crippen molar-refractivity contribution in [3.63, 3.8) is 0 Å². The first-order valence-corrected chi connectivity index (χ1v) is 8.79. The van der Waals surface area contributed by atoms with E-state index >= 15 is 0 Å². The molecular formula is C21H25FN2O4. The summed E-state index contributed by atoms with van der Waals surface area (Å²) in [6.45, 7) is 13.8. The molecule has 0 radical (unpaired) electrons. The van der Waals surface area contributed by atoms with Gasteiger partial charge in [-0.3, -0.25) is 4.98 Å². The highest BCUT2D eigenvalue weighted by Gasteiger charge is 2.34. The van der Waals surface area contributed by atoms with Crippen LogP contribution in [0.15, 0.2) is 31.0 Å². The van der Waals surface area contributed by atoms with Gasteiger partial charge in [-0.2, -0.15) is 4.90 Å². The Hall–Kier alpha value is -2.96. The maximum Gasteiger partial charge on any atom is 0.424 e. The van der Waals surface area contributed by atoms with Crippen molar-refractivity contribution in [2.45, 2.75) is 52.7 Å². The fraction of sp³-hybridized carbons (Fsp3) is 0.381. The Morgan fingerprint density at radius 1 is 1.07 bits per heavy atom. The minimum atomic E-state index is -0.928. The van der Waals surface area contributed by atoms with E-state index in [-0.39, 0.29) is 5.69 Å². The average molecular weight is 388 g/mol. The van der Waals surface area contributed by atoms with E-state index in [1.807, 2.05) is 0 Å². The lowest BCUT2D eigenvalue weighted by atomic mass is 10.1. The van der Waals surface area contributed by atoms with Gasteiger partial charge >= 0.3 is 12.2 Å². The van der Waals surface area contributed by atoms with E-state index in [0.717, 1.165) is 4.90 Å². The number of anilines is 1. The fourth-order valence-electron chi connectivity index (χ4n) is 2.45. The van der Waals surface area contributed by atoms with Crippen molar-refractivity contribution in [1.29, 1.82) is 0 Å². The molecular weight excluding hydrogens is 363 g/mol. The van der Waals surface area contributed by atoms with Gasteiger partial charge < -0.3 is 9.47 Å². The summed E-state index contributed by atoms with van der Waals surface area (Å²) in [4.78, 5) is 30.6. The third kappa shape index (κ3) is 5.06. The SMILES string of the molecule is C=Cc1c(N(C(=O)OC(C)(C)C)C(=O)OC(C)(C)C)cnc2ccc(F)cc12. The Balaban J connectivity index is 2.67. The zero-order valence-electron chi connectivity index (χ0n) is 17.0. The summed E-state index contributed by atoms with van der Waals surface area (Å²) in [5.41, 5.74) is -0.740. The molecule has 0 fully saturated rings. The minimum absolute atomic E-state index is 0.0941. The average Bonchev–Trinajstić information content (AvgIpc) is 2.51. The van der Waals surface area contributed by atoms with Crippen LogP contribution in [0.4, 0.5) is 19.7 Å². The number of pyridine rings is 1. The van der Waals surface area contributed by atoms with Crippen LogP contribution in [0, 0.1) is 5.82 Å². The maximum absolute atomic E-state index is 13.8. The van der Waals surface area contributed by atoms with Crippen molar-refractivity contribution in [3.05, 3.63) is 42.4 Å². The van der Waals surface area contributed by atoms with Gasteiger partial charge in [-0.25, -0.2) is 14.0 Å². The van der Waals surface area contributed by atoms with E-state index < -0.39 is 29.2 Å².